The van der Waals surface area contributed by atoms with Crippen molar-refractivity contribution >= 4 is 23.2 Å². The number of nitrogens with one attached hydrogen (secondary N) is 1. The lowest BCUT2D eigenvalue weighted by Crippen LogP contribution is -2.53. The lowest BCUT2D eigenvalue weighted by atomic mass is 9.67. The molecule has 1 aromatic carbocycles. The van der Waals surface area contributed by atoms with Gasteiger partial charge in [-0.3, -0.25) is 14.9 Å². The van der Waals surface area contributed by atoms with Gasteiger partial charge < -0.3 is 11.1 Å². The Morgan fingerprint density at radius 2 is 1.96 bits per heavy atom. The van der Waals surface area contributed by atoms with Gasteiger partial charge >= 0.3 is 0 Å². The maximum atomic E-state index is 12.6. The van der Waals surface area contributed by atoms with Crippen molar-refractivity contribution in [3.05, 3.63) is 38.9 Å². The van der Waals surface area contributed by atoms with Gasteiger partial charge in [-0.15, -0.1) is 0 Å². The summed E-state index contributed by atoms with van der Waals surface area (Å²) in [5, 5.41) is 14.5. The van der Waals surface area contributed by atoms with Gasteiger partial charge in [0, 0.05) is 23.2 Å². The van der Waals surface area contributed by atoms with E-state index in [0.717, 1.165) is 32.1 Å². The van der Waals surface area contributed by atoms with Crippen LogP contribution in [-0.4, -0.2) is 22.9 Å². The summed E-state index contributed by atoms with van der Waals surface area (Å²) in [4.78, 5) is 23.2. The number of rotatable bonds is 3. The Balaban J connectivity index is 1.82. The van der Waals surface area contributed by atoms with Gasteiger partial charge in [0.2, 0.25) is 0 Å². The standard InChI is InChI=1S/C16H20ClN3O3/c17-11-4-5-14(20(22)23)13(8-11)16(21)19-15-9-2-1-3-10(15)7-12(18)6-9/h4-5,8-10,12,15H,1-3,6-7,18H2,(H,19,21). The molecule has 0 heterocycles. The zero-order valence-corrected chi connectivity index (χ0v) is 13.5. The molecule has 6 nitrogen and oxygen atoms in total. The highest BCUT2D eigenvalue weighted by Gasteiger charge is 2.40. The Morgan fingerprint density at radius 3 is 2.57 bits per heavy atom. The lowest BCUT2D eigenvalue weighted by Gasteiger charge is -2.45. The third-order valence-corrected chi connectivity index (χ3v) is 5.31. The molecule has 2 unspecified atom stereocenters. The molecule has 0 saturated heterocycles. The number of nitrogens with zero attached hydrogens (tertiary/aromatic N) is 1. The topological polar surface area (TPSA) is 98.3 Å². The molecule has 0 aliphatic heterocycles. The summed E-state index contributed by atoms with van der Waals surface area (Å²) in [6.07, 6.45) is 5.06. The number of carbonyl (C=O) groups excluding carboxylic acids is 1. The molecule has 1 aromatic rings. The van der Waals surface area contributed by atoms with E-state index in [2.05, 4.69) is 5.32 Å². The number of carbonyl (C=O) groups is 1. The van der Waals surface area contributed by atoms with Crippen LogP contribution in [0, 0.1) is 22.0 Å². The molecule has 1 amide bonds. The molecular weight excluding hydrogens is 318 g/mol. The summed E-state index contributed by atoms with van der Waals surface area (Å²) in [6.45, 7) is 0. The van der Waals surface area contributed by atoms with Crippen LogP contribution in [0.1, 0.15) is 42.5 Å². The van der Waals surface area contributed by atoms with Crippen LogP contribution >= 0.6 is 11.6 Å². The highest BCUT2D eigenvalue weighted by atomic mass is 35.5. The van der Waals surface area contributed by atoms with Crippen LogP contribution in [0.2, 0.25) is 5.02 Å². The minimum atomic E-state index is -0.553. The normalized spacial score (nSPS) is 29.8. The smallest absolute Gasteiger partial charge is 0.282 e. The number of nitro groups is 1. The van der Waals surface area contributed by atoms with Gasteiger partial charge in [0.05, 0.1) is 4.92 Å². The molecule has 3 rings (SSSR count). The van der Waals surface area contributed by atoms with Crippen molar-refractivity contribution in [1.82, 2.24) is 5.32 Å². The van der Waals surface area contributed by atoms with E-state index in [4.69, 9.17) is 17.3 Å². The molecule has 3 N–H and O–H groups in total. The molecule has 23 heavy (non-hydrogen) atoms. The van der Waals surface area contributed by atoms with Gasteiger partial charge in [-0.2, -0.15) is 0 Å². The minimum absolute atomic E-state index is 0.0236. The Hall–Kier alpha value is -1.66. The van der Waals surface area contributed by atoms with Crippen LogP contribution in [0.3, 0.4) is 0 Å². The highest BCUT2D eigenvalue weighted by Crippen LogP contribution is 2.40. The van der Waals surface area contributed by atoms with Crippen molar-refractivity contribution in [1.29, 1.82) is 0 Å². The largest absolute Gasteiger partial charge is 0.349 e. The fourth-order valence-electron chi connectivity index (χ4n) is 4.10. The summed E-state index contributed by atoms with van der Waals surface area (Å²) < 4.78 is 0. The van der Waals surface area contributed by atoms with Crippen molar-refractivity contribution in [2.24, 2.45) is 17.6 Å². The first kappa shape index (κ1) is 16.2. The Bertz CT molecular complexity index is 623. The fourth-order valence-corrected chi connectivity index (χ4v) is 4.28. The first-order chi connectivity index (χ1) is 11.0. The van der Waals surface area contributed by atoms with Gasteiger partial charge in [0.25, 0.3) is 11.6 Å². The number of nitro benzene ring substituents is 1. The maximum absolute atomic E-state index is 12.6. The molecule has 7 heteroatoms. The van der Waals surface area contributed by atoms with Crippen LogP contribution in [0.25, 0.3) is 0 Å². The van der Waals surface area contributed by atoms with Gasteiger partial charge in [-0.25, -0.2) is 0 Å². The van der Waals surface area contributed by atoms with Gasteiger partial charge in [-0.1, -0.05) is 18.0 Å². The van der Waals surface area contributed by atoms with E-state index in [1.54, 1.807) is 0 Å². The SMILES string of the molecule is NC1CC2CCCC(C1)C2NC(=O)c1cc(Cl)ccc1[N+](=O)[O-]. The monoisotopic (exact) mass is 337 g/mol. The Morgan fingerprint density at radius 1 is 1.30 bits per heavy atom. The van der Waals surface area contributed by atoms with Crippen LogP contribution in [-0.2, 0) is 0 Å². The van der Waals surface area contributed by atoms with Gasteiger partial charge in [0.15, 0.2) is 0 Å². The van der Waals surface area contributed by atoms with E-state index in [0.29, 0.717) is 16.9 Å². The molecule has 2 saturated carbocycles. The van der Waals surface area contributed by atoms with E-state index >= 15 is 0 Å². The first-order valence-corrected chi connectivity index (χ1v) is 8.34. The van der Waals surface area contributed by atoms with E-state index in [9.17, 15) is 14.9 Å². The average molecular weight is 338 g/mol. The molecule has 2 fully saturated rings. The molecule has 2 aliphatic carbocycles. The number of amides is 1. The Kier molecular flexibility index (Phi) is 4.55. The van der Waals surface area contributed by atoms with Crippen molar-refractivity contribution < 1.29 is 9.72 Å². The molecule has 0 spiro atoms. The van der Waals surface area contributed by atoms with Crippen LogP contribution in [0.5, 0.6) is 0 Å². The zero-order valence-electron chi connectivity index (χ0n) is 12.7. The maximum Gasteiger partial charge on any atom is 0.282 e. The first-order valence-electron chi connectivity index (χ1n) is 7.96. The quantitative estimate of drug-likeness (QED) is 0.654. The number of hydrogen-bond donors (Lipinski definition) is 2. The number of hydrogen-bond acceptors (Lipinski definition) is 4. The minimum Gasteiger partial charge on any atom is -0.349 e. The second kappa shape index (κ2) is 6.45. The number of benzene rings is 1. The van der Waals surface area contributed by atoms with Crippen molar-refractivity contribution in [2.75, 3.05) is 0 Å². The fraction of sp³-hybridized carbons (Fsp3) is 0.562. The summed E-state index contributed by atoms with van der Waals surface area (Å²) in [5.74, 6) is 0.302. The highest BCUT2D eigenvalue weighted by molar-refractivity contribution is 6.31. The van der Waals surface area contributed by atoms with Crippen LogP contribution in [0.4, 0.5) is 5.69 Å². The molecule has 2 bridgehead atoms. The Labute approximate surface area is 139 Å². The summed E-state index contributed by atoms with van der Waals surface area (Å²) >= 11 is 5.90. The number of fused-ring (bicyclic) bond motifs is 2. The second-order valence-electron chi connectivity index (χ2n) is 6.60. The van der Waals surface area contributed by atoms with Crippen molar-refractivity contribution in [2.45, 2.75) is 44.2 Å². The molecule has 124 valence electrons. The molecular formula is C16H20ClN3O3. The molecule has 2 aliphatic rings. The van der Waals surface area contributed by atoms with E-state index in [1.165, 1.54) is 18.2 Å². The van der Waals surface area contributed by atoms with Crippen molar-refractivity contribution in [3.63, 3.8) is 0 Å². The predicted molar refractivity (Wildman–Crippen MR) is 87.4 cm³/mol. The number of halogens is 1. The van der Waals surface area contributed by atoms with Crippen molar-refractivity contribution in [3.8, 4) is 0 Å². The van der Waals surface area contributed by atoms with Gasteiger partial charge in [0.1, 0.15) is 5.56 Å². The summed E-state index contributed by atoms with van der Waals surface area (Å²) in [7, 11) is 0. The molecule has 0 radical (unpaired) electrons. The number of nitrogens with two attached hydrogens (primary N) is 1. The third kappa shape index (κ3) is 3.33. The van der Waals surface area contributed by atoms with Crippen LogP contribution < -0.4 is 11.1 Å². The van der Waals surface area contributed by atoms with E-state index in [1.807, 2.05) is 0 Å². The summed E-state index contributed by atoms with van der Waals surface area (Å²) in [6, 6.07) is 4.30. The molecule has 0 aromatic heterocycles. The zero-order chi connectivity index (χ0) is 16.6. The third-order valence-electron chi connectivity index (χ3n) is 5.07. The summed E-state index contributed by atoms with van der Waals surface area (Å²) in [5.41, 5.74) is 5.90. The van der Waals surface area contributed by atoms with Crippen LogP contribution in [0.15, 0.2) is 18.2 Å². The predicted octanol–water partition coefficient (Wildman–Crippen LogP) is 2.88. The average Bonchev–Trinajstić information content (AvgIpc) is 2.47. The second-order valence-corrected chi connectivity index (χ2v) is 7.04. The molecule has 2 atom stereocenters. The van der Waals surface area contributed by atoms with Gasteiger partial charge in [-0.05, 0) is 49.7 Å². The van der Waals surface area contributed by atoms with E-state index in [-0.39, 0.29) is 23.3 Å². The van der Waals surface area contributed by atoms with E-state index < -0.39 is 10.8 Å². The lowest BCUT2D eigenvalue weighted by molar-refractivity contribution is -0.385.